The third-order valence-electron chi connectivity index (χ3n) is 12.1. The summed E-state index contributed by atoms with van der Waals surface area (Å²) in [7, 11) is 0. The van der Waals surface area contributed by atoms with Gasteiger partial charge in [0.25, 0.3) is 0 Å². The lowest BCUT2D eigenvalue weighted by Gasteiger charge is -2.25. The van der Waals surface area contributed by atoms with Crippen LogP contribution in [0.25, 0.3) is 80.7 Å². The number of hydrogen-bond donors (Lipinski definition) is 1. The van der Waals surface area contributed by atoms with Gasteiger partial charge in [0, 0.05) is 124 Å². The Balaban J connectivity index is 0.000000125. The minimum absolute atomic E-state index is 0. The maximum Gasteiger partial charge on any atom is 0.0468 e. The quantitative estimate of drug-likeness (QED) is 0.185. The summed E-state index contributed by atoms with van der Waals surface area (Å²) < 4.78 is 11.5. The van der Waals surface area contributed by atoms with Gasteiger partial charge < -0.3 is 10.2 Å². The molecule has 2 nitrogen and oxygen atoms in total. The van der Waals surface area contributed by atoms with E-state index in [-0.39, 0.29) is 7.43 Å². The van der Waals surface area contributed by atoms with E-state index in [1.54, 1.807) is 22.7 Å². The van der Waals surface area contributed by atoms with Crippen molar-refractivity contribution in [3.8, 4) is 0 Å². The van der Waals surface area contributed by atoms with Gasteiger partial charge in [0.2, 0.25) is 0 Å². The molecule has 14 rings (SSSR count). The van der Waals surface area contributed by atoms with Crippen LogP contribution in [0.5, 0.6) is 0 Å². The summed E-state index contributed by atoms with van der Waals surface area (Å²) in [5.74, 6) is 0. The highest BCUT2D eigenvalue weighted by Crippen LogP contribution is 2.44. The molecule has 0 saturated carbocycles. The van der Waals surface area contributed by atoms with Crippen LogP contribution < -0.4 is 10.2 Å². The average molecular weight is 1080 g/mol. The number of anilines is 5. The Hall–Kier alpha value is -6.26. The van der Waals surface area contributed by atoms with Crippen molar-refractivity contribution in [2.75, 3.05) is 10.2 Å². The molecule has 1 N–H and O–H groups in total. The summed E-state index contributed by atoms with van der Waals surface area (Å²) in [4.78, 5) is 2.35. The molecule has 0 unspecified atom stereocenters. The predicted octanol–water partition coefficient (Wildman–Crippen LogP) is 22.5. The number of fused-ring (bicyclic) bond motifs is 12. The molecule has 0 amide bonds. The predicted molar refractivity (Wildman–Crippen MR) is 320 cm³/mol. The van der Waals surface area contributed by atoms with Gasteiger partial charge in [-0.2, -0.15) is 0 Å². The van der Waals surface area contributed by atoms with Crippen LogP contribution in [0, 0.1) is 0 Å². The highest BCUT2D eigenvalue weighted by atomic mass is 79.9. The minimum atomic E-state index is 0. The summed E-state index contributed by atoms with van der Waals surface area (Å²) in [6, 6.07) is 76.9. The molecule has 340 valence electrons. The van der Waals surface area contributed by atoms with Crippen molar-refractivity contribution in [3.63, 3.8) is 0 Å². The van der Waals surface area contributed by atoms with E-state index >= 15 is 0 Å². The van der Waals surface area contributed by atoms with Crippen LogP contribution >= 0.6 is 84.5 Å². The van der Waals surface area contributed by atoms with Crippen LogP contribution in [0.3, 0.4) is 0 Å². The standard InChI is InChI=1S/C30H18ClNS2.C18H13NS.C12H6BrClS.CH4/c31-19-10-13-24-26-18-22(12-15-29(26)34-30(24)16-19)32(20-6-2-1-3-7-20)21-11-14-28-25(17-21)23-8-4-5-9-27(23)33-28;1-2-6-13(7-3-1)19-14-10-11-18-16(12-14)15-8-4-5-9-17(15)20-18;13-7-1-4-11-10(5-7)9-3-2-8(14)6-12(9)15-11;/h1-18H;1-12,19H;1-6H;1H4. The van der Waals surface area contributed by atoms with Crippen LogP contribution in [-0.2, 0) is 0 Å². The number of para-hydroxylation sites is 2. The van der Waals surface area contributed by atoms with Crippen molar-refractivity contribution in [1.29, 1.82) is 0 Å². The first-order chi connectivity index (χ1) is 33.9. The Kier molecular flexibility index (Phi) is 13.1. The fraction of sp³-hybridized carbons (Fsp3) is 0.0164. The van der Waals surface area contributed by atoms with E-state index in [1.165, 1.54) is 80.7 Å². The molecule has 0 aliphatic rings. The molecular formula is C61H41BrCl2N2S4. The van der Waals surface area contributed by atoms with Crippen molar-refractivity contribution in [1.82, 2.24) is 0 Å². The van der Waals surface area contributed by atoms with Crippen molar-refractivity contribution in [2.45, 2.75) is 7.43 Å². The van der Waals surface area contributed by atoms with E-state index in [0.29, 0.717) is 0 Å². The molecule has 4 aromatic heterocycles. The Labute approximate surface area is 440 Å². The fourth-order valence-electron chi connectivity index (χ4n) is 8.97. The van der Waals surface area contributed by atoms with E-state index in [2.05, 4.69) is 208 Å². The second-order valence-electron chi connectivity index (χ2n) is 16.6. The molecule has 0 bridgehead atoms. The third-order valence-corrected chi connectivity index (χ3v) is 17.7. The number of benzene rings is 10. The molecule has 0 aliphatic carbocycles. The Morgan fingerprint density at radius 2 is 0.729 bits per heavy atom. The molecule has 0 saturated heterocycles. The minimum Gasteiger partial charge on any atom is -0.356 e. The van der Waals surface area contributed by atoms with Gasteiger partial charge in [-0.15, -0.1) is 45.3 Å². The molecule has 0 spiro atoms. The lowest BCUT2D eigenvalue weighted by molar-refractivity contribution is 1.30. The van der Waals surface area contributed by atoms with Gasteiger partial charge in [0.1, 0.15) is 0 Å². The van der Waals surface area contributed by atoms with Gasteiger partial charge in [0.15, 0.2) is 0 Å². The summed E-state index contributed by atoms with van der Waals surface area (Å²) in [5, 5.41) is 15.4. The van der Waals surface area contributed by atoms with Crippen molar-refractivity contribution < 1.29 is 0 Å². The molecule has 10 aromatic carbocycles. The number of thiophene rings is 4. The smallest absolute Gasteiger partial charge is 0.0468 e. The maximum atomic E-state index is 6.27. The van der Waals surface area contributed by atoms with Crippen LogP contribution in [0.2, 0.25) is 10.0 Å². The number of nitrogens with one attached hydrogen (secondary N) is 1. The number of halogens is 3. The van der Waals surface area contributed by atoms with Gasteiger partial charge >= 0.3 is 0 Å². The molecule has 9 heteroatoms. The third kappa shape index (κ3) is 9.15. The molecule has 4 heterocycles. The first kappa shape index (κ1) is 46.1. The second kappa shape index (κ2) is 19.9. The highest BCUT2D eigenvalue weighted by molar-refractivity contribution is 9.10. The number of rotatable bonds is 5. The van der Waals surface area contributed by atoms with E-state index in [0.717, 1.165) is 43.0 Å². The van der Waals surface area contributed by atoms with Gasteiger partial charge in [-0.25, -0.2) is 0 Å². The summed E-state index contributed by atoms with van der Waals surface area (Å²) in [6.45, 7) is 0. The molecule has 0 atom stereocenters. The monoisotopic (exact) mass is 1080 g/mol. The van der Waals surface area contributed by atoms with E-state index < -0.39 is 0 Å². The van der Waals surface area contributed by atoms with E-state index in [4.69, 9.17) is 23.2 Å². The molecule has 14 aromatic rings. The Morgan fingerprint density at radius 1 is 0.314 bits per heavy atom. The Morgan fingerprint density at radius 3 is 1.29 bits per heavy atom. The normalized spacial score (nSPS) is 11.2. The van der Waals surface area contributed by atoms with Crippen LogP contribution in [0.1, 0.15) is 7.43 Å². The van der Waals surface area contributed by atoms with Crippen LogP contribution in [0.4, 0.5) is 28.4 Å². The summed E-state index contributed by atoms with van der Waals surface area (Å²) in [5.41, 5.74) is 5.69. The second-order valence-corrected chi connectivity index (χ2v) is 22.7. The number of nitrogens with zero attached hydrogens (tertiary/aromatic N) is 1. The highest BCUT2D eigenvalue weighted by Gasteiger charge is 2.17. The topological polar surface area (TPSA) is 15.3 Å². The zero-order chi connectivity index (χ0) is 46.4. The van der Waals surface area contributed by atoms with Crippen LogP contribution in [-0.4, -0.2) is 0 Å². The van der Waals surface area contributed by atoms with Crippen molar-refractivity contribution in [3.05, 3.63) is 233 Å². The maximum absolute atomic E-state index is 6.27. The molecular weight excluding hydrogens is 1040 g/mol. The van der Waals surface area contributed by atoms with E-state index in [1.807, 2.05) is 59.1 Å². The summed E-state index contributed by atoms with van der Waals surface area (Å²) >= 11 is 23.0. The zero-order valence-corrected chi connectivity index (χ0v) is 42.9. The first-order valence-corrected chi connectivity index (χ1v) is 27.1. The summed E-state index contributed by atoms with van der Waals surface area (Å²) in [6.07, 6.45) is 0. The Bertz CT molecular complexity index is 4180. The van der Waals surface area contributed by atoms with Gasteiger partial charge in [-0.3, -0.25) is 0 Å². The zero-order valence-electron chi connectivity index (χ0n) is 36.5. The van der Waals surface area contributed by atoms with E-state index in [9.17, 15) is 0 Å². The van der Waals surface area contributed by atoms with Crippen molar-refractivity contribution >= 4 is 194 Å². The van der Waals surface area contributed by atoms with Gasteiger partial charge in [0.05, 0.1) is 0 Å². The average Bonchev–Trinajstić information content (AvgIpc) is 4.14. The largest absolute Gasteiger partial charge is 0.356 e. The van der Waals surface area contributed by atoms with Crippen molar-refractivity contribution in [2.24, 2.45) is 0 Å². The lowest BCUT2D eigenvalue weighted by atomic mass is 10.1. The van der Waals surface area contributed by atoms with Gasteiger partial charge in [-0.1, -0.05) is 131 Å². The SMILES string of the molecule is C.Clc1ccc2c(c1)sc1ccc(Br)cc12.Clc1ccc2c(c1)sc1ccc(N(c3ccccc3)c3ccc4sc5ccccc5c4c3)cc12.c1ccc(Nc2ccc3sc4ccccc4c3c2)cc1. The lowest BCUT2D eigenvalue weighted by Crippen LogP contribution is -2.09. The van der Waals surface area contributed by atoms with Gasteiger partial charge in [-0.05, 0) is 133 Å². The van der Waals surface area contributed by atoms with Crippen LogP contribution in [0.15, 0.2) is 223 Å². The first-order valence-electron chi connectivity index (χ1n) is 22.3. The molecule has 0 fully saturated rings. The molecule has 70 heavy (non-hydrogen) atoms. The number of hydrogen-bond acceptors (Lipinski definition) is 6. The molecule has 0 aliphatic heterocycles. The molecule has 0 radical (unpaired) electrons. The fourth-order valence-corrected chi connectivity index (χ4v) is 14.2.